The normalized spacial score (nSPS) is 16.9. The summed E-state index contributed by atoms with van der Waals surface area (Å²) in [5.41, 5.74) is 6.38. The summed E-state index contributed by atoms with van der Waals surface area (Å²) in [7, 11) is 0. The van der Waals surface area contributed by atoms with Crippen LogP contribution >= 0.6 is 22.6 Å². The first-order chi connectivity index (χ1) is 8.70. The molecule has 2 N–H and O–H groups in total. The molecule has 18 heavy (non-hydrogen) atoms. The van der Waals surface area contributed by atoms with E-state index in [1.54, 1.807) is 0 Å². The van der Waals surface area contributed by atoms with E-state index in [2.05, 4.69) is 22.6 Å². The molecule has 1 fully saturated rings. The Morgan fingerprint density at radius 2 is 2.11 bits per heavy atom. The van der Waals surface area contributed by atoms with Gasteiger partial charge in [0.2, 0.25) is 0 Å². The van der Waals surface area contributed by atoms with Crippen LogP contribution in [0, 0.1) is 9.49 Å². The third-order valence-corrected chi connectivity index (χ3v) is 4.22. The number of halogens is 1. The molecule has 1 aliphatic heterocycles. The predicted octanol–water partition coefficient (Wildman–Crippen LogP) is 2.49. The van der Waals surface area contributed by atoms with Gasteiger partial charge in [-0.05, 0) is 72.5 Å². The molecule has 0 aliphatic carbocycles. The van der Waals surface area contributed by atoms with E-state index in [1.807, 2.05) is 29.2 Å². The number of rotatable bonds is 3. The molecule has 1 aliphatic rings. The van der Waals surface area contributed by atoms with Crippen LogP contribution in [0.25, 0.3) is 0 Å². The van der Waals surface area contributed by atoms with Gasteiger partial charge in [0.15, 0.2) is 0 Å². The van der Waals surface area contributed by atoms with Crippen LogP contribution < -0.4 is 5.73 Å². The molecule has 1 heterocycles. The lowest BCUT2D eigenvalue weighted by atomic mass is 9.93. The summed E-state index contributed by atoms with van der Waals surface area (Å²) in [6, 6.07) is 7.80. The van der Waals surface area contributed by atoms with Crippen molar-refractivity contribution < 1.29 is 4.79 Å². The summed E-state index contributed by atoms with van der Waals surface area (Å²) in [6.45, 7) is 2.50. The minimum atomic E-state index is 0.166. The van der Waals surface area contributed by atoms with Crippen LogP contribution in [0.5, 0.6) is 0 Å². The largest absolute Gasteiger partial charge is 0.339 e. The van der Waals surface area contributed by atoms with Gasteiger partial charge in [0.1, 0.15) is 0 Å². The molecule has 1 saturated heterocycles. The molecule has 0 spiro atoms. The Labute approximate surface area is 122 Å². The van der Waals surface area contributed by atoms with Crippen LogP contribution in [0.2, 0.25) is 0 Å². The maximum absolute atomic E-state index is 12.3. The Hall–Kier alpha value is -0.620. The quantitative estimate of drug-likeness (QED) is 0.844. The number of nitrogens with two attached hydrogens (primary N) is 1. The van der Waals surface area contributed by atoms with Crippen molar-refractivity contribution in [2.24, 2.45) is 11.7 Å². The first-order valence-corrected chi connectivity index (χ1v) is 7.53. The van der Waals surface area contributed by atoms with Gasteiger partial charge in [-0.1, -0.05) is 6.07 Å². The van der Waals surface area contributed by atoms with Gasteiger partial charge >= 0.3 is 0 Å². The van der Waals surface area contributed by atoms with Crippen molar-refractivity contribution in [1.29, 1.82) is 0 Å². The van der Waals surface area contributed by atoms with Crippen molar-refractivity contribution in [3.63, 3.8) is 0 Å². The molecule has 3 nitrogen and oxygen atoms in total. The summed E-state index contributed by atoms with van der Waals surface area (Å²) in [6.07, 6.45) is 3.27. The van der Waals surface area contributed by atoms with Crippen molar-refractivity contribution in [1.82, 2.24) is 4.90 Å². The first kappa shape index (κ1) is 13.8. The fourth-order valence-electron chi connectivity index (χ4n) is 2.46. The second-order valence-corrected chi connectivity index (χ2v) is 6.07. The van der Waals surface area contributed by atoms with Crippen LogP contribution in [-0.4, -0.2) is 30.4 Å². The van der Waals surface area contributed by atoms with Gasteiger partial charge in [-0.2, -0.15) is 0 Å². The third-order valence-electron chi connectivity index (χ3n) is 3.55. The summed E-state index contributed by atoms with van der Waals surface area (Å²) in [4.78, 5) is 14.3. The number of hydrogen-bond acceptors (Lipinski definition) is 2. The Morgan fingerprint density at radius 1 is 1.39 bits per heavy atom. The summed E-state index contributed by atoms with van der Waals surface area (Å²) < 4.78 is 1.11. The SMILES string of the molecule is NCCC1CCN(C(=O)c2cccc(I)c2)CC1. The average molecular weight is 358 g/mol. The lowest BCUT2D eigenvalue weighted by molar-refractivity contribution is 0.0688. The Bertz CT molecular complexity index is 414. The number of amides is 1. The molecule has 1 aromatic carbocycles. The molecule has 0 unspecified atom stereocenters. The zero-order chi connectivity index (χ0) is 13.0. The van der Waals surface area contributed by atoms with Crippen LogP contribution in [0.3, 0.4) is 0 Å². The van der Waals surface area contributed by atoms with Crippen molar-refractivity contribution in [3.8, 4) is 0 Å². The highest BCUT2D eigenvalue weighted by Crippen LogP contribution is 2.21. The Kier molecular flexibility index (Phi) is 5.00. The van der Waals surface area contributed by atoms with Crippen molar-refractivity contribution in [2.75, 3.05) is 19.6 Å². The number of nitrogens with zero attached hydrogens (tertiary/aromatic N) is 1. The number of benzene rings is 1. The summed E-state index contributed by atoms with van der Waals surface area (Å²) >= 11 is 2.24. The molecule has 4 heteroatoms. The van der Waals surface area contributed by atoms with Crippen molar-refractivity contribution in [2.45, 2.75) is 19.3 Å². The molecule has 1 aromatic rings. The number of hydrogen-bond donors (Lipinski definition) is 1. The zero-order valence-corrected chi connectivity index (χ0v) is 12.6. The fourth-order valence-corrected chi connectivity index (χ4v) is 3.01. The summed E-state index contributed by atoms with van der Waals surface area (Å²) in [5.74, 6) is 0.870. The van der Waals surface area contributed by atoms with Crippen LogP contribution in [0.1, 0.15) is 29.6 Å². The Balaban J connectivity index is 1.95. The highest BCUT2D eigenvalue weighted by molar-refractivity contribution is 14.1. The van der Waals surface area contributed by atoms with E-state index in [0.717, 1.165) is 48.0 Å². The highest BCUT2D eigenvalue weighted by atomic mass is 127. The van der Waals surface area contributed by atoms with Gasteiger partial charge in [-0.25, -0.2) is 0 Å². The second-order valence-electron chi connectivity index (χ2n) is 4.82. The average Bonchev–Trinajstić information content (AvgIpc) is 2.39. The minimum absolute atomic E-state index is 0.166. The van der Waals surface area contributed by atoms with E-state index in [9.17, 15) is 4.79 Å². The maximum Gasteiger partial charge on any atom is 0.253 e. The molecule has 0 atom stereocenters. The van der Waals surface area contributed by atoms with Gasteiger partial charge in [-0.15, -0.1) is 0 Å². The summed E-state index contributed by atoms with van der Waals surface area (Å²) in [5, 5.41) is 0. The minimum Gasteiger partial charge on any atom is -0.339 e. The molecule has 1 amide bonds. The van der Waals surface area contributed by atoms with Crippen LogP contribution in [0.15, 0.2) is 24.3 Å². The first-order valence-electron chi connectivity index (χ1n) is 6.45. The lowest BCUT2D eigenvalue weighted by Gasteiger charge is -2.32. The van der Waals surface area contributed by atoms with Gasteiger partial charge in [0, 0.05) is 22.2 Å². The zero-order valence-electron chi connectivity index (χ0n) is 10.4. The number of carbonyl (C=O) groups is 1. The van der Waals surface area contributed by atoms with Gasteiger partial charge in [0.25, 0.3) is 5.91 Å². The van der Waals surface area contributed by atoms with E-state index >= 15 is 0 Å². The molecule has 2 rings (SSSR count). The molecule has 0 aromatic heterocycles. The molecule has 0 saturated carbocycles. The van der Waals surface area contributed by atoms with Gasteiger partial charge in [0.05, 0.1) is 0 Å². The van der Waals surface area contributed by atoms with E-state index in [-0.39, 0.29) is 5.91 Å². The van der Waals surface area contributed by atoms with Crippen molar-refractivity contribution in [3.05, 3.63) is 33.4 Å². The van der Waals surface area contributed by atoms with Crippen LogP contribution in [-0.2, 0) is 0 Å². The number of likely N-dealkylation sites (tertiary alicyclic amines) is 1. The third kappa shape index (κ3) is 3.45. The maximum atomic E-state index is 12.3. The standard InChI is InChI=1S/C14H19IN2O/c15-13-3-1-2-12(10-13)14(18)17-8-5-11(4-7-16)6-9-17/h1-3,10-11H,4-9,16H2. The lowest BCUT2D eigenvalue weighted by Crippen LogP contribution is -2.38. The monoisotopic (exact) mass is 358 g/mol. The molecule has 98 valence electrons. The topological polar surface area (TPSA) is 46.3 Å². The van der Waals surface area contributed by atoms with Crippen molar-refractivity contribution >= 4 is 28.5 Å². The second kappa shape index (κ2) is 6.52. The van der Waals surface area contributed by atoms with E-state index in [1.165, 1.54) is 0 Å². The van der Waals surface area contributed by atoms with E-state index in [0.29, 0.717) is 5.92 Å². The van der Waals surface area contributed by atoms with E-state index in [4.69, 9.17) is 5.73 Å². The van der Waals surface area contributed by atoms with Gasteiger partial charge < -0.3 is 10.6 Å². The number of piperidine rings is 1. The molecular weight excluding hydrogens is 339 g/mol. The molecule has 0 radical (unpaired) electrons. The number of carbonyl (C=O) groups excluding carboxylic acids is 1. The molecular formula is C14H19IN2O. The molecule has 0 bridgehead atoms. The predicted molar refractivity (Wildman–Crippen MR) is 81.5 cm³/mol. The van der Waals surface area contributed by atoms with Crippen LogP contribution in [0.4, 0.5) is 0 Å². The van der Waals surface area contributed by atoms with E-state index < -0.39 is 0 Å². The smallest absolute Gasteiger partial charge is 0.253 e. The fraction of sp³-hybridized carbons (Fsp3) is 0.500. The van der Waals surface area contributed by atoms with Gasteiger partial charge in [-0.3, -0.25) is 4.79 Å². The Morgan fingerprint density at radius 3 is 2.72 bits per heavy atom. The highest BCUT2D eigenvalue weighted by Gasteiger charge is 2.23.